The van der Waals surface area contributed by atoms with E-state index in [1.165, 1.54) is 4.90 Å². The lowest BCUT2D eigenvalue weighted by molar-refractivity contribution is -0.192. The number of amides is 3. The summed E-state index contributed by atoms with van der Waals surface area (Å²) in [5.41, 5.74) is 9.13. The van der Waals surface area contributed by atoms with E-state index in [9.17, 15) is 40.8 Å². The number of carboxylic acids is 1. The van der Waals surface area contributed by atoms with E-state index in [4.69, 9.17) is 39.3 Å². The van der Waals surface area contributed by atoms with E-state index < -0.39 is 79.8 Å². The minimum absolute atomic E-state index is 0.0382. The number of hydrogen-bond acceptors (Lipinski definition) is 16. The summed E-state index contributed by atoms with van der Waals surface area (Å²) in [5.74, 6) is -4.31. The molecule has 2 unspecified atom stereocenters. The summed E-state index contributed by atoms with van der Waals surface area (Å²) in [5, 5.41) is 12.2. The van der Waals surface area contributed by atoms with Crippen molar-refractivity contribution in [1.29, 1.82) is 0 Å². The summed E-state index contributed by atoms with van der Waals surface area (Å²) in [4.78, 5) is 69.4. The van der Waals surface area contributed by atoms with Gasteiger partial charge in [-0.25, -0.2) is 23.0 Å². The summed E-state index contributed by atoms with van der Waals surface area (Å²) in [7, 11) is -2.74. The van der Waals surface area contributed by atoms with Gasteiger partial charge in [-0.1, -0.05) is 45.0 Å². The Hall–Kier alpha value is -4.07. The number of likely N-dealkylation sites (tertiary alicyclic amines) is 1. The lowest BCUT2D eigenvalue weighted by atomic mass is 9.85. The first kappa shape index (κ1) is 54.1. The quantitative estimate of drug-likeness (QED) is 0.0794. The molecule has 2 aromatic rings. The maximum absolute atomic E-state index is 14.3. The van der Waals surface area contributed by atoms with Gasteiger partial charge in [0, 0.05) is 25.8 Å². The molecule has 62 heavy (non-hydrogen) atoms. The molecule has 0 saturated carbocycles. The van der Waals surface area contributed by atoms with Crippen LogP contribution in [-0.4, -0.2) is 148 Å². The predicted octanol–water partition coefficient (Wildman–Crippen LogP) is 3.50. The molecule has 1 saturated heterocycles. The van der Waals surface area contributed by atoms with Crippen LogP contribution in [0.4, 0.5) is 18.0 Å². The number of carbonyl (C=O) groups excluding carboxylic acids is 4. The van der Waals surface area contributed by atoms with Gasteiger partial charge in [-0.15, -0.1) is 11.3 Å². The van der Waals surface area contributed by atoms with E-state index in [0.29, 0.717) is 37.2 Å². The number of carboxylic acid groups (broad SMARTS) is 1. The van der Waals surface area contributed by atoms with Gasteiger partial charge in [0.1, 0.15) is 30.9 Å². The number of ether oxygens (including phenoxy) is 5. The van der Waals surface area contributed by atoms with Gasteiger partial charge in [-0.3, -0.25) is 14.4 Å². The van der Waals surface area contributed by atoms with Gasteiger partial charge in [-0.2, -0.15) is 13.2 Å². The van der Waals surface area contributed by atoms with Gasteiger partial charge in [0.05, 0.1) is 60.9 Å². The number of hydrogen-bond donors (Lipinski definition) is 4. The standard InChI is InChI=1S/C36H55N5O11S3.C2HF3O2/c1-23-31(53-22-39-23)27-10-8-26(9-11-27)19-38-33(43)29-18-28(52-35(45)51-24(2)25(3)54-55(7,46)47)20-41(29)34(44)32(36(4,5)6)40-30(42)21-50-17-16-49-15-14-48-13-12-37;3-2(4,5)1(6)7/h8-11,22,24-25,28-29,32H,12-21,37H2,1-7H3,(H,38,43)(H,40,42);(H,6,7)/t24?,25?,28-,29+,32-;/m1./s1. The van der Waals surface area contributed by atoms with E-state index in [2.05, 4.69) is 15.6 Å². The minimum Gasteiger partial charge on any atom is -0.475 e. The van der Waals surface area contributed by atoms with Gasteiger partial charge in [0.15, 0.2) is 8.87 Å². The molecular weight excluding hydrogens is 888 g/mol. The second-order valence-electron chi connectivity index (χ2n) is 15.0. The predicted molar refractivity (Wildman–Crippen MR) is 224 cm³/mol. The zero-order valence-corrected chi connectivity index (χ0v) is 38.0. The fourth-order valence-electron chi connectivity index (χ4n) is 5.51. The second-order valence-corrected chi connectivity index (χ2v) is 20.6. The maximum atomic E-state index is 14.3. The SMILES string of the molecule is Cc1ncsc1-c1ccc(CNC(=O)[C@@H]2C[C@@H](OC(=O)OC(C)C(C)SS(C)(=O)=O)CN2C(=O)[C@@H](NC(=O)COCCOCCOCCN)C(C)(C)C)cc1.O=C(O)C(F)(F)F. The zero-order valence-electron chi connectivity index (χ0n) is 35.5. The molecule has 2 heterocycles. The van der Waals surface area contributed by atoms with Crippen LogP contribution < -0.4 is 16.4 Å². The summed E-state index contributed by atoms with van der Waals surface area (Å²) in [6, 6.07) is 5.58. The second kappa shape index (κ2) is 25.3. The number of thiazole rings is 1. The van der Waals surface area contributed by atoms with Gasteiger partial charge in [0.2, 0.25) is 17.7 Å². The molecule has 1 aliphatic rings. The number of aliphatic carboxylic acids is 1. The summed E-state index contributed by atoms with van der Waals surface area (Å²) >= 11 is 1.54. The highest BCUT2D eigenvalue weighted by Gasteiger charge is 2.46. The van der Waals surface area contributed by atoms with Crippen molar-refractivity contribution in [1.82, 2.24) is 20.5 Å². The zero-order chi connectivity index (χ0) is 46.8. The molecule has 3 rings (SSSR count). The summed E-state index contributed by atoms with van der Waals surface area (Å²) < 4.78 is 82.2. The number of halogens is 3. The number of alkyl halides is 3. The molecule has 0 bridgehead atoms. The first-order valence-corrected chi connectivity index (χ1v) is 23.4. The van der Waals surface area contributed by atoms with Crippen molar-refractivity contribution in [2.24, 2.45) is 11.1 Å². The average molecular weight is 944 g/mol. The largest absolute Gasteiger partial charge is 0.508 e. The number of nitrogens with two attached hydrogens (primary N) is 1. The number of nitrogens with one attached hydrogen (secondary N) is 2. The first-order chi connectivity index (χ1) is 28.8. The molecule has 350 valence electrons. The van der Waals surface area contributed by atoms with E-state index in [1.54, 1.807) is 51.5 Å². The molecular formula is C38H56F3N5O13S3. The third-order valence-corrected chi connectivity index (χ3v) is 12.7. The Morgan fingerprint density at radius 1 is 1.02 bits per heavy atom. The lowest BCUT2D eigenvalue weighted by Gasteiger charge is -2.35. The lowest BCUT2D eigenvalue weighted by Crippen LogP contribution is -2.58. The van der Waals surface area contributed by atoms with Crippen LogP contribution in [0.25, 0.3) is 10.4 Å². The van der Waals surface area contributed by atoms with Crippen LogP contribution in [0.2, 0.25) is 0 Å². The minimum atomic E-state index is -5.08. The van der Waals surface area contributed by atoms with Gasteiger partial charge < -0.3 is 50.1 Å². The summed E-state index contributed by atoms with van der Waals surface area (Å²) in [6.07, 6.45) is -6.87. The van der Waals surface area contributed by atoms with E-state index in [0.717, 1.165) is 28.0 Å². The van der Waals surface area contributed by atoms with Crippen molar-refractivity contribution in [3.63, 3.8) is 0 Å². The molecule has 5 atom stereocenters. The van der Waals surface area contributed by atoms with Crippen LogP contribution in [0.5, 0.6) is 0 Å². The molecule has 0 radical (unpaired) electrons. The molecule has 0 aliphatic carbocycles. The van der Waals surface area contributed by atoms with Crippen LogP contribution >= 0.6 is 22.1 Å². The Balaban J connectivity index is 0.00000173. The molecule has 1 aromatic heterocycles. The highest BCUT2D eigenvalue weighted by Crippen LogP contribution is 2.30. The van der Waals surface area contributed by atoms with E-state index >= 15 is 0 Å². The van der Waals surface area contributed by atoms with Crippen LogP contribution in [0.3, 0.4) is 0 Å². The van der Waals surface area contributed by atoms with Crippen molar-refractivity contribution in [3.8, 4) is 10.4 Å². The van der Waals surface area contributed by atoms with Crippen molar-refractivity contribution < 1.29 is 74.4 Å². The fourth-order valence-corrected chi connectivity index (χ4v) is 9.20. The van der Waals surface area contributed by atoms with E-state index in [-0.39, 0.29) is 39.3 Å². The fraction of sp³-hybridized carbons (Fsp3) is 0.632. The highest BCUT2D eigenvalue weighted by atomic mass is 33.1. The third kappa shape index (κ3) is 19.5. The summed E-state index contributed by atoms with van der Waals surface area (Å²) in [6.45, 7) is 12.1. The Bertz CT molecular complexity index is 1880. The van der Waals surface area contributed by atoms with Crippen LogP contribution in [-0.2, 0) is 58.3 Å². The van der Waals surface area contributed by atoms with Gasteiger partial charge in [-0.05, 0) is 48.1 Å². The number of aromatic nitrogens is 1. The van der Waals surface area contributed by atoms with Crippen molar-refractivity contribution >= 4 is 60.8 Å². The van der Waals surface area contributed by atoms with E-state index in [1.807, 2.05) is 31.2 Å². The number of carbonyl (C=O) groups is 5. The molecule has 24 heteroatoms. The maximum Gasteiger partial charge on any atom is 0.508 e. The highest BCUT2D eigenvalue weighted by molar-refractivity contribution is 8.72. The topological polar surface area (TPSA) is 252 Å². The number of rotatable bonds is 21. The first-order valence-electron chi connectivity index (χ1n) is 19.2. The van der Waals surface area contributed by atoms with Gasteiger partial charge in [0.25, 0.3) is 0 Å². The molecule has 1 aliphatic heterocycles. The molecule has 1 fully saturated rings. The average Bonchev–Trinajstić information content (AvgIpc) is 3.80. The normalized spacial score (nSPS) is 16.9. The molecule has 3 amide bonds. The Morgan fingerprint density at radius 2 is 1.60 bits per heavy atom. The smallest absolute Gasteiger partial charge is 0.475 e. The van der Waals surface area contributed by atoms with Gasteiger partial charge >= 0.3 is 18.3 Å². The van der Waals surface area contributed by atoms with Crippen LogP contribution in [0.1, 0.15) is 52.3 Å². The van der Waals surface area contributed by atoms with Crippen molar-refractivity contribution in [2.75, 3.05) is 59.0 Å². The van der Waals surface area contributed by atoms with Crippen LogP contribution in [0.15, 0.2) is 29.8 Å². The number of nitrogens with zero attached hydrogens (tertiary/aromatic N) is 2. The van der Waals surface area contributed by atoms with Crippen LogP contribution in [0, 0.1) is 12.3 Å². The molecule has 5 N–H and O–H groups in total. The number of benzene rings is 1. The van der Waals surface area contributed by atoms with Crippen molar-refractivity contribution in [2.45, 2.75) is 90.2 Å². The Morgan fingerprint density at radius 3 is 2.11 bits per heavy atom. The molecule has 1 aromatic carbocycles. The van der Waals surface area contributed by atoms with Crippen molar-refractivity contribution in [3.05, 3.63) is 41.0 Å². The number of aryl methyl sites for hydroxylation is 1. The Labute approximate surface area is 366 Å². The Kier molecular flexibility index (Phi) is 22.0. The molecule has 18 nitrogen and oxygen atoms in total. The molecule has 0 spiro atoms. The third-order valence-electron chi connectivity index (χ3n) is 8.71. The monoisotopic (exact) mass is 943 g/mol.